The second-order valence-electron chi connectivity index (χ2n) is 7.13. The minimum atomic E-state index is 0.559. The van der Waals surface area contributed by atoms with Crippen LogP contribution < -0.4 is 4.57 Å². The molecule has 1 rings (SSSR count). The maximum atomic E-state index is 2.49. The maximum Gasteiger partial charge on any atom is 0.245 e. The van der Waals surface area contributed by atoms with Crippen LogP contribution in [0.1, 0.15) is 55.4 Å². The van der Waals surface area contributed by atoms with Gasteiger partial charge in [0.2, 0.25) is 6.33 Å². The molecule has 21 heavy (non-hydrogen) atoms. The number of imidazole rings is 1. The summed E-state index contributed by atoms with van der Waals surface area (Å²) in [7, 11) is 0. The number of hydrogen-bond donors (Lipinski definition) is 0. The molecule has 0 bridgehead atoms. The van der Waals surface area contributed by atoms with Crippen LogP contribution in [0.4, 0.5) is 0 Å². The van der Waals surface area contributed by atoms with E-state index in [1.807, 2.05) is 0 Å². The lowest BCUT2D eigenvalue weighted by atomic mass is 10.2. The van der Waals surface area contributed by atoms with Gasteiger partial charge in [-0.1, -0.05) is 0 Å². The fourth-order valence-electron chi connectivity index (χ4n) is 2.83. The zero-order valence-electron chi connectivity index (χ0n) is 15.2. The third kappa shape index (κ3) is 5.44. The second-order valence-corrected chi connectivity index (χ2v) is 7.13. The number of hydrogen-bond acceptors (Lipinski definition) is 2. The molecule has 0 spiro atoms. The highest BCUT2D eigenvalue weighted by molar-refractivity contribution is 4.71. The Morgan fingerprint density at radius 3 is 1.71 bits per heavy atom. The highest BCUT2D eigenvalue weighted by Crippen LogP contribution is 2.07. The van der Waals surface area contributed by atoms with Crippen molar-refractivity contribution >= 4 is 0 Å². The summed E-state index contributed by atoms with van der Waals surface area (Å²) < 4.78 is 4.55. The molecule has 122 valence electrons. The molecular formula is C17H35N4+. The molecule has 0 saturated heterocycles. The van der Waals surface area contributed by atoms with Crippen molar-refractivity contribution in [2.45, 2.75) is 92.9 Å². The molecule has 0 amide bonds. The van der Waals surface area contributed by atoms with Crippen LogP contribution >= 0.6 is 0 Å². The fourth-order valence-corrected chi connectivity index (χ4v) is 2.83. The van der Waals surface area contributed by atoms with E-state index in [9.17, 15) is 0 Å². The topological polar surface area (TPSA) is 15.3 Å². The monoisotopic (exact) mass is 295 g/mol. The summed E-state index contributed by atoms with van der Waals surface area (Å²) in [5, 5.41) is 0. The fraction of sp³-hybridized carbons (Fsp3) is 0.824. The van der Waals surface area contributed by atoms with Gasteiger partial charge in [-0.05, 0) is 55.4 Å². The van der Waals surface area contributed by atoms with Crippen molar-refractivity contribution in [3.05, 3.63) is 18.7 Å². The predicted octanol–water partition coefficient (Wildman–Crippen LogP) is 2.93. The molecule has 4 heteroatoms. The smallest absolute Gasteiger partial charge is 0.245 e. The Morgan fingerprint density at radius 2 is 1.29 bits per heavy atom. The lowest BCUT2D eigenvalue weighted by Gasteiger charge is -2.29. The highest BCUT2D eigenvalue weighted by Gasteiger charge is 2.19. The molecule has 0 fully saturated rings. The summed E-state index contributed by atoms with van der Waals surface area (Å²) >= 11 is 0. The van der Waals surface area contributed by atoms with Gasteiger partial charge in [-0.15, -0.1) is 0 Å². The third-order valence-electron chi connectivity index (χ3n) is 4.05. The Morgan fingerprint density at radius 1 is 0.810 bits per heavy atom. The Balaban J connectivity index is 2.72. The van der Waals surface area contributed by atoms with Crippen LogP contribution in [0, 0.1) is 0 Å². The van der Waals surface area contributed by atoms with E-state index in [1.54, 1.807) is 0 Å². The summed E-state index contributed by atoms with van der Waals surface area (Å²) in [6.45, 7) is 20.0. The first kappa shape index (κ1) is 18.2. The molecule has 1 heterocycles. The standard InChI is InChI=1S/C17H35N4/c1-14(2)20(15(3)4)12-18-9-10-19(11-18)13-21(16(5)6)17(7)8/h9-11,14-17H,12-13H2,1-8H3/q+1. The van der Waals surface area contributed by atoms with Crippen LogP contribution in [-0.2, 0) is 13.3 Å². The van der Waals surface area contributed by atoms with E-state index in [0.717, 1.165) is 13.3 Å². The molecule has 0 aliphatic carbocycles. The molecule has 0 aromatic carbocycles. The molecule has 0 unspecified atom stereocenters. The SMILES string of the molecule is CC(C)N(Cn1cc[n+](CN(C(C)C)C(C)C)c1)C(C)C. The summed E-state index contributed by atoms with van der Waals surface area (Å²) in [5.41, 5.74) is 0. The summed E-state index contributed by atoms with van der Waals surface area (Å²) in [6.07, 6.45) is 6.57. The average molecular weight is 295 g/mol. The Hall–Kier alpha value is -0.870. The lowest BCUT2D eigenvalue weighted by Crippen LogP contribution is -2.48. The molecule has 1 aromatic rings. The first-order valence-corrected chi connectivity index (χ1v) is 8.28. The van der Waals surface area contributed by atoms with E-state index in [1.165, 1.54) is 0 Å². The van der Waals surface area contributed by atoms with Gasteiger partial charge >= 0.3 is 0 Å². The van der Waals surface area contributed by atoms with Gasteiger partial charge in [-0.2, -0.15) is 0 Å². The number of aromatic nitrogens is 2. The van der Waals surface area contributed by atoms with E-state index in [0.29, 0.717) is 24.2 Å². The Kier molecular flexibility index (Phi) is 6.88. The highest BCUT2D eigenvalue weighted by atomic mass is 15.3. The molecule has 0 aliphatic heterocycles. The van der Waals surface area contributed by atoms with Gasteiger partial charge < -0.3 is 0 Å². The minimum Gasteiger partial charge on any atom is -0.263 e. The second kappa shape index (κ2) is 7.95. The van der Waals surface area contributed by atoms with Gasteiger partial charge in [0, 0.05) is 24.2 Å². The summed E-state index contributed by atoms with van der Waals surface area (Å²) in [4.78, 5) is 4.99. The molecule has 0 atom stereocenters. The molecule has 0 N–H and O–H groups in total. The largest absolute Gasteiger partial charge is 0.263 e. The van der Waals surface area contributed by atoms with Crippen LogP contribution in [0.25, 0.3) is 0 Å². The molecule has 0 radical (unpaired) electrons. The van der Waals surface area contributed by atoms with Crippen LogP contribution in [0.3, 0.4) is 0 Å². The van der Waals surface area contributed by atoms with E-state index >= 15 is 0 Å². The van der Waals surface area contributed by atoms with E-state index in [2.05, 4.69) is 93.0 Å². The molecule has 0 saturated carbocycles. The average Bonchev–Trinajstić information content (AvgIpc) is 2.79. The number of rotatable bonds is 8. The summed E-state index contributed by atoms with van der Waals surface area (Å²) in [6, 6.07) is 2.24. The Labute approximate surface area is 131 Å². The van der Waals surface area contributed by atoms with Crippen molar-refractivity contribution in [2.75, 3.05) is 0 Å². The van der Waals surface area contributed by atoms with Crippen molar-refractivity contribution in [2.24, 2.45) is 0 Å². The van der Waals surface area contributed by atoms with Crippen molar-refractivity contribution in [1.29, 1.82) is 0 Å². The van der Waals surface area contributed by atoms with Gasteiger partial charge in [-0.25, -0.2) is 9.13 Å². The Bertz CT molecular complexity index is 354. The van der Waals surface area contributed by atoms with Crippen molar-refractivity contribution in [3.63, 3.8) is 0 Å². The van der Waals surface area contributed by atoms with Gasteiger partial charge in [-0.3, -0.25) is 9.80 Å². The zero-order chi connectivity index (χ0) is 16.2. The lowest BCUT2D eigenvalue weighted by molar-refractivity contribution is -0.717. The van der Waals surface area contributed by atoms with Crippen LogP contribution in [0.5, 0.6) is 0 Å². The third-order valence-corrected chi connectivity index (χ3v) is 4.05. The van der Waals surface area contributed by atoms with Gasteiger partial charge in [0.25, 0.3) is 0 Å². The van der Waals surface area contributed by atoms with Gasteiger partial charge in [0.05, 0.1) is 0 Å². The first-order chi connectivity index (χ1) is 9.72. The van der Waals surface area contributed by atoms with Crippen LogP contribution in [0.2, 0.25) is 0 Å². The molecule has 1 aromatic heterocycles. The molecule has 4 nitrogen and oxygen atoms in total. The normalized spacial score (nSPS) is 12.9. The van der Waals surface area contributed by atoms with E-state index in [4.69, 9.17) is 0 Å². The zero-order valence-corrected chi connectivity index (χ0v) is 15.2. The van der Waals surface area contributed by atoms with Crippen molar-refractivity contribution in [3.8, 4) is 0 Å². The van der Waals surface area contributed by atoms with Gasteiger partial charge in [0.1, 0.15) is 25.7 Å². The predicted molar refractivity (Wildman–Crippen MR) is 88.8 cm³/mol. The van der Waals surface area contributed by atoms with E-state index in [-0.39, 0.29) is 0 Å². The van der Waals surface area contributed by atoms with Crippen LogP contribution in [-0.4, -0.2) is 38.5 Å². The molecule has 0 aliphatic rings. The van der Waals surface area contributed by atoms with Gasteiger partial charge in [0.15, 0.2) is 0 Å². The van der Waals surface area contributed by atoms with Crippen molar-refractivity contribution < 1.29 is 4.57 Å². The van der Waals surface area contributed by atoms with Crippen molar-refractivity contribution in [1.82, 2.24) is 14.4 Å². The molecular weight excluding hydrogens is 260 g/mol. The van der Waals surface area contributed by atoms with Crippen LogP contribution in [0.15, 0.2) is 18.7 Å². The maximum absolute atomic E-state index is 2.49. The summed E-state index contributed by atoms with van der Waals surface area (Å²) in [5.74, 6) is 0. The quantitative estimate of drug-likeness (QED) is 0.685. The number of nitrogens with zero attached hydrogens (tertiary/aromatic N) is 4. The minimum absolute atomic E-state index is 0.559. The first-order valence-electron chi connectivity index (χ1n) is 8.28. The van der Waals surface area contributed by atoms with E-state index < -0.39 is 0 Å².